The summed E-state index contributed by atoms with van der Waals surface area (Å²) < 4.78 is 40.5. The van der Waals surface area contributed by atoms with Crippen molar-refractivity contribution in [2.45, 2.75) is 77.8 Å². The number of aromatic nitrogens is 1. The molecule has 0 saturated heterocycles. The number of rotatable bonds is 15. The highest BCUT2D eigenvalue weighted by Crippen LogP contribution is 2.61. The summed E-state index contributed by atoms with van der Waals surface area (Å²) in [7, 11) is -4.11. The monoisotopic (exact) mass is 662 g/mol. The summed E-state index contributed by atoms with van der Waals surface area (Å²) in [5, 5.41) is 15.6. The Kier molecular flexibility index (Phi) is 10.1. The second-order valence-electron chi connectivity index (χ2n) is 13.5. The van der Waals surface area contributed by atoms with Crippen LogP contribution in [0.4, 0.5) is 4.39 Å². The highest BCUT2D eigenvalue weighted by Gasteiger charge is 2.68. The summed E-state index contributed by atoms with van der Waals surface area (Å²) in [5.74, 6) is -5.36. The lowest BCUT2D eigenvalue weighted by Gasteiger charge is -2.44. The molecule has 12 nitrogen and oxygen atoms in total. The molecule has 2 aliphatic carbocycles. The number of carbonyl (C=O) groups excluding carboxylic acids is 4. The number of benzene rings is 1. The summed E-state index contributed by atoms with van der Waals surface area (Å²) in [4.78, 5) is 67.8. The van der Waals surface area contributed by atoms with Crippen LogP contribution in [0.5, 0.6) is 0 Å². The number of hydrogen-bond donors (Lipinski definition) is 4. The summed E-state index contributed by atoms with van der Waals surface area (Å²) in [6.45, 7) is 6.53. The normalized spacial score (nSPS) is 21.9. The van der Waals surface area contributed by atoms with Crippen molar-refractivity contribution in [1.29, 1.82) is 0 Å². The molecule has 1 aromatic heterocycles. The van der Waals surface area contributed by atoms with E-state index in [-0.39, 0.29) is 49.2 Å². The molecular weight excluding hydrogens is 619 g/mol. The molecule has 2 amide bonds. The summed E-state index contributed by atoms with van der Waals surface area (Å²) in [6.07, 6.45) is 3.13. The Morgan fingerprint density at radius 1 is 1.17 bits per heavy atom. The average Bonchev–Trinajstić information content (AvgIpc) is 3.52. The van der Waals surface area contributed by atoms with E-state index < -0.39 is 69.5 Å². The second kappa shape index (κ2) is 13.2. The third kappa shape index (κ3) is 6.87. The van der Waals surface area contributed by atoms with E-state index >= 15 is 0 Å². The Bertz CT molecular complexity index is 1650. The van der Waals surface area contributed by atoms with E-state index in [1.807, 2.05) is 13.8 Å². The van der Waals surface area contributed by atoms with Crippen molar-refractivity contribution in [3.8, 4) is 0 Å². The summed E-state index contributed by atoms with van der Waals surface area (Å²) in [5.41, 5.74) is -0.656. The zero-order chi connectivity index (χ0) is 34.2. The number of aliphatic carboxylic acids is 1. The number of carboxylic acids is 1. The van der Waals surface area contributed by atoms with E-state index in [0.717, 1.165) is 21.5 Å². The van der Waals surface area contributed by atoms with Crippen molar-refractivity contribution in [3.05, 3.63) is 35.8 Å². The second-order valence-corrected chi connectivity index (χ2v) is 15.4. The number of hydrogen-bond acceptors (Lipinski definition) is 7. The first-order chi connectivity index (χ1) is 21.4. The number of nitrogens with zero attached hydrogens (tertiary/aromatic N) is 1. The van der Waals surface area contributed by atoms with Crippen molar-refractivity contribution in [1.82, 2.24) is 19.9 Å². The molecule has 1 heterocycles. The topological polar surface area (TPSA) is 183 Å². The molecule has 2 fully saturated rings. The van der Waals surface area contributed by atoms with Crippen LogP contribution in [0.3, 0.4) is 0 Å². The molecule has 2 aliphatic rings. The van der Waals surface area contributed by atoms with E-state index in [4.69, 9.17) is 0 Å². The lowest BCUT2D eigenvalue weighted by atomic mass is 9.75. The van der Waals surface area contributed by atoms with E-state index in [9.17, 15) is 41.9 Å². The molecule has 46 heavy (non-hydrogen) atoms. The molecule has 4 N–H and O–H groups in total. The highest BCUT2D eigenvalue weighted by molar-refractivity contribution is 7.88. The molecule has 2 saturated carbocycles. The molecule has 4 rings (SSSR count). The predicted molar refractivity (Wildman–Crippen MR) is 168 cm³/mol. The number of carboxylic acid groups (broad SMARTS) is 1. The van der Waals surface area contributed by atoms with Gasteiger partial charge in [-0.15, -0.1) is 0 Å². The van der Waals surface area contributed by atoms with Crippen LogP contribution in [0.25, 0.3) is 10.9 Å². The van der Waals surface area contributed by atoms with Gasteiger partial charge in [-0.2, -0.15) is 4.31 Å². The Balaban J connectivity index is 1.43. The predicted octanol–water partition coefficient (Wildman–Crippen LogP) is 2.57. The van der Waals surface area contributed by atoms with Crippen LogP contribution in [-0.4, -0.2) is 83.1 Å². The van der Waals surface area contributed by atoms with Crippen LogP contribution in [-0.2, 0) is 40.4 Å². The lowest BCUT2D eigenvalue weighted by molar-refractivity contribution is -0.142. The van der Waals surface area contributed by atoms with Gasteiger partial charge in [0.2, 0.25) is 21.8 Å². The number of H-pyrrole nitrogens is 1. The first kappa shape index (κ1) is 35.2. The standard InChI is InChI=1S/C32H43FN4O8S/c1-18(2)23(14-28(40)34-11-9-19-16-35-24-13-21(33)6-7-22(19)24)30(43)36-25(15-29(41)42)26(38)17-37(46(5,44)45)32-10-8-20(12-27(32)39)31(32,3)4/h6-7,13,16,18,20,23,25,35H,8-12,14-15,17H2,1-5H3,(H,34,40)(H,36,43)(H,41,42). The largest absolute Gasteiger partial charge is 0.481 e. The van der Waals surface area contributed by atoms with Crippen molar-refractivity contribution in [3.63, 3.8) is 0 Å². The molecule has 252 valence electrons. The molecule has 0 radical (unpaired) electrons. The zero-order valence-corrected chi connectivity index (χ0v) is 27.6. The van der Waals surface area contributed by atoms with E-state index in [2.05, 4.69) is 15.6 Å². The fraction of sp³-hybridized carbons (Fsp3) is 0.594. The number of sulfonamides is 1. The first-order valence-electron chi connectivity index (χ1n) is 15.5. The van der Waals surface area contributed by atoms with Crippen LogP contribution < -0.4 is 10.6 Å². The van der Waals surface area contributed by atoms with Gasteiger partial charge in [-0.25, -0.2) is 12.8 Å². The number of fused-ring (bicyclic) bond motifs is 3. The van der Waals surface area contributed by atoms with E-state index in [0.29, 0.717) is 18.4 Å². The number of amides is 2. The van der Waals surface area contributed by atoms with E-state index in [1.54, 1.807) is 26.1 Å². The van der Waals surface area contributed by atoms with Crippen molar-refractivity contribution >= 4 is 50.3 Å². The van der Waals surface area contributed by atoms with Gasteiger partial charge in [0, 0.05) is 42.4 Å². The molecule has 4 atom stereocenters. The minimum Gasteiger partial charge on any atom is -0.481 e. The first-order valence-corrected chi connectivity index (χ1v) is 17.3. The molecule has 1 aromatic carbocycles. The Labute approximate surface area is 267 Å². The average molecular weight is 663 g/mol. The van der Waals surface area contributed by atoms with Crippen LogP contribution in [0, 0.1) is 29.0 Å². The third-order valence-corrected chi connectivity index (χ3v) is 11.3. The van der Waals surface area contributed by atoms with Gasteiger partial charge in [0.05, 0.1) is 30.8 Å². The maximum atomic E-state index is 13.6. The van der Waals surface area contributed by atoms with Gasteiger partial charge in [0.15, 0.2) is 11.6 Å². The highest BCUT2D eigenvalue weighted by atomic mass is 32.2. The van der Waals surface area contributed by atoms with Crippen LogP contribution in [0.15, 0.2) is 24.4 Å². The van der Waals surface area contributed by atoms with Crippen LogP contribution >= 0.6 is 0 Å². The van der Waals surface area contributed by atoms with Crippen LogP contribution in [0.1, 0.15) is 65.4 Å². The maximum absolute atomic E-state index is 13.6. The molecule has 0 spiro atoms. The minimum atomic E-state index is -4.11. The lowest BCUT2D eigenvalue weighted by Crippen LogP contribution is -2.62. The minimum absolute atomic E-state index is 0.0428. The Morgan fingerprint density at radius 2 is 1.87 bits per heavy atom. The van der Waals surface area contributed by atoms with Gasteiger partial charge < -0.3 is 20.7 Å². The number of aromatic amines is 1. The number of halogens is 1. The number of nitrogens with one attached hydrogen (secondary N) is 3. The summed E-state index contributed by atoms with van der Waals surface area (Å²) >= 11 is 0. The third-order valence-electron chi connectivity index (χ3n) is 10.0. The van der Waals surface area contributed by atoms with Gasteiger partial charge in [-0.3, -0.25) is 24.0 Å². The van der Waals surface area contributed by atoms with Crippen molar-refractivity contribution in [2.24, 2.45) is 23.2 Å². The molecule has 2 bridgehead atoms. The van der Waals surface area contributed by atoms with Crippen molar-refractivity contribution in [2.75, 3.05) is 19.3 Å². The zero-order valence-electron chi connectivity index (χ0n) is 26.8. The maximum Gasteiger partial charge on any atom is 0.305 e. The van der Waals surface area contributed by atoms with Crippen molar-refractivity contribution < 1.29 is 41.9 Å². The molecule has 0 aliphatic heterocycles. The fourth-order valence-electron chi connectivity index (χ4n) is 7.33. The molecular formula is C32H43FN4O8S. The summed E-state index contributed by atoms with van der Waals surface area (Å²) in [6, 6.07) is 2.80. The Hall–Kier alpha value is -3.65. The number of ketones is 2. The van der Waals surface area contributed by atoms with Gasteiger partial charge in [-0.05, 0) is 60.3 Å². The van der Waals surface area contributed by atoms with Gasteiger partial charge in [0.25, 0.3) is 0 Å². The smallest absolute Gasteiger partial charge is 0.305 e. The molecule has 14 heteroatoms. The number of Topliss-reactive ketones (excluding diaryl/α,β-unsaturated/α-hetero) is 2. The quantitative estimate of drug-likeness (QED) is 0.224. The van der Waals surface area contributed by atoms with Gasteiger partial charge in [0.1, 0.15) is 5.82 Å². The SMILES string of the molecule is CC(C)C(CC(=O)NCCc1c[nH]c2cc(F)ccc12)C(=O)NC(CC(=O)O)C(=O)CN(C12CCC(CC1=O)C2(C)C)S(C)(=O)=O. The van der Waals surface area contributed by atoms with Gasteiger partial charge >= 0.3 is 5.97 Å². The molecule has 4 unspecified atom stereocenters. The Morgan fingerprint density at radius 3 is 2.43 bits per heavy atom. The van der Waals surface area contributed by atoms with E-state index in [1.165, 1.54) is 12.1 Å². The van der Waals surface area contributed by atoms with Gasteiger partial charge in [-0.1, -0.05) is 27.7 Å². The fourth-order valence-corrected chi connectivity index (χ4v) is 8.68. The van der Waals surface area contributed by atoms with Crippen LogP contribution in [0.2, 0.25) is 0 Å². The molecule has 2 aromatic rings. The number of carbonyl (C=O) groups is 5.